The van der Waals surface area contributed by atoms with Crippen molar-refractivity contribution >= 4 is 11.7 Å². The number of rotatable bonds is 3. The van der Waals surface area contributed by atoms with Crippen LogP contribution < -0.4 is 5.32 Å². The maximum Gasteiger partial charge on any atom is 0.331 e. The molecule has 2 unspecified atom stereocenters. The summed E-state index contributed by atoms with van der Waals surface area (Å²) < 4.78 is 18.7. The van der Waals surface area contributed by atoms with Crippen molar-refractivity contribution in [3.8, 4) is 0 Å². The van der Waals surface area contributed by atoms with E-state index in [-0.39, 0.29) is 17.7 Å². The van der Waals surface area contributed by atoms with E-state index < -0.39 is 5.54 Å². The molecule has 1 aliphatic rings. The minimum atomic E-state index is -0.810. The Bertz CT molecular complexity index is 463. The molecule has 0 radical (unpaired) electrons. The van der Waals surface area contributed by atoms with Crippen molar-refractivity contribution in [1.29, 1.82) is 0 Å². The van der Waals surface area contributed by atoms with E-state index in [1.54, 1.807) is 18.2 Å². The van der Waals surface area contributed by atoms with Gasteiger partial charge in [-0.25, -0.2) is 9.18 Å². The first-order chi connectivity index (χ1) is 9.10. The van der Waals surface area contributed by atoms with E-state index in [1.165, 1.54) is 13.2 Å². The number of hydrogen-bond donors (Lipinski definition) is 1. The molecule has 3 nitrogen and oxygen atoms in total. The lowest BCUT2D eigenvalue weighted by Crippen LogP contribution is -2.54. The minimum absolute atomic E-state index is 0.119. The number of carbonyl (C=O) groups is 1. The van der Waals surface area contributed by atoms with E-state index in [0.29, 0.717) is 12.1 Å². The normalized spacial score (nSPS) is 26.8. The summed E-state index contributed by atoms with van der Waals surface area (Å²) in [5.41, 5.74) is -0.448. The van der Waals surface area contributed by atoms with Gasteiger partial charge in [0.25, 0.3) is 0 Å². The average Bonchev–Trinajstić information content (AvgIpc) is 2.43. The summed E-state index contributed by atoms with van der Waals surface area (Å²) in [6.45, 7) is 2.02. The van der Waals surface area contributed by atoms with E-state index >= 15 is 0 Å². The maximum atomic E-state index is 13.8. The van der Waals surface area contributed by atoms with Crippen molar-refractivity contribution in [2.75, 3.05) is 12.4 Å². The second kappa shape index (κ2) is 5.59. The average molecular weight is 265 g/mol. The molecule has 1 aromatic rings. The third-order valence-electron chi connectivity index (χ3n) is 4.08. The minimum Gasteiger partial charge on any atom is -0.467 e. The molecule has 1 N–H and O–H groups in total. The van der Waals surface area contributed by atoms with Gasteiger partial charge in [-0.05, 0) is 30.9 Å². The largest absolute Gasteiger partial charge is 0.467 e. The molecule has 1 fully saturated rings. The summed E-state index contributed by atoms with van der Waals surface area (Å²) in [6.07, 6.45) is 3.66. The third-order valence-corrected chi connectivity index (χ3v) is 4.08. The molecule has 1 aromatic carbocycles. The molecule has 0 spiro atoms. The zero-order chi connectivity index (χ0) is 13.9. The predicted molar refractivity (Wildman–Crippen MR) is 72.4 cm³/mol. The molecule has 0 aromatic heterocycles. The zero-order valence-electron chi connectivity index (χ0n) is 11.4. The Morgan fingerprint density at radius 3 is 2.79 bits per heavy atom. The predicted octanol–water partition coefficient (Wildman–Crippen LogP) is 3.36. The number of ether oxygens (including phenoxy) is 1. The Hall–Kier alpha value is -1.58. The first-order valence-corrected chi connectivity index (χ1v) is 6.71. The van der Waals surface area contributed by atoms with Gasteiger partial charge in [0.1, 0.15) is 11.4 Å². The summed E-state index contributed by atoms with van der Waals surface area (Å²) in [4.78, 5) is 12.2. The molecule has 2 atom stereocenters. The Balaban J connectivity index is 2.33. The fourth-order valence-electron chi connectivity index (χ4n) is 2.87. The number of esters is 1. The molecule has 2 rings (SSSR count). The van der Waals surface area contributed by atoms with Gasteiger partial charge in [0.05, 0.1) is 12.8 Å². The highest BCUT2D eigenvalue weighted by molar-refractivity contribution is 5.85. The van der Waals surface area contributed by atoms with Crippen LogP contribution in [0.3, 0.4) is 0 Å². The van der Waals surface area contributed by atoms with Gasteiger partial charge in [0.15, 0.2) is 0 Å². The van der Waals surface area contributed by atoms with Crippen LogP contribution in [0.15, 0.2) is 24.3 Å². The van der Waals surface area contributed by atoms with E-state index in [1.807, 2.05) is 6.92 Å². The van der Waals surface area contributed by atoms with Crippen LogP contribution in [0.4, 0.5) is 10.1 Å². The fraction of sp³-hybridized carbons (Fsp3) is 0.533. The van der Waals surface area contributed by atoms with Crippen LogP contribution in [0, 0.1) is 11.7 Å². The van der Waals surface area contributed by atoms with Crippen LogP contribution in [0.25, 0.3) is 0 Å². The SMILES string of the molecule is COC(=O)C1(Nc2ccccc2F)CCCCC1C. The highest BCUT2D eigenvalue weighted by atomic mass is 19.1. The summed E-state index contributed by atoms with van der Waals surface area (Å²) in [6, 6.07) is 6.43. The molecule has 19 heavy (non-hydrogen) atoms. The lowest BCUT2D eigenvalue weighted by Gasteiger charge is -2.41. The second-order valence-corrected chi connectivity index (χ2v) is 5.21. The summed E-state index contributed by atoms with van der Waals surface area (Å²) >= 11 is 0. The molecular formula is C15H20FNO2. The molecule has 0 aliphatic heterocycles. The van der Waals surface area contributed by atoms with Gasteiger partial charge in [-0.15, -0.1) is 0 Å². The first-order valence-electron chi connectivity index (χ1n) is 6.71. The monoisotopic (exact) mass is 265 g/mol. The van der Waals surface area contributed by atoms with Crippen molar-refractivity contribution in [2.45, 2.75) is 38.1 Å². The van der Waals surface area contributed by atoms with Crippen molar-refractivity contribution in [3.63, 3.8) is 0 Å². The fourth-order valence-corrected chi connectivity index (χ4v) is 2.87. The molecule has 0 amide bonds. The number of nitrogens with one attached hydrogen (secondary N) is 1. The lowest BCUT2D eigenvalue weighted by molar-refractivity contribution is -0.149. The van der Waals surface area contributed by atoms with Crippen molar-refractivity contribution < 1.29 is 13.9 Å². The van der Waals surface area contributed by atoms with Crippen LogP contribution in [0.5, 0.6) is 0 Å². The zero-order valence-corrected chi connectivity index (χ0v) is 11.4. The summed E-state index contributed by atoms with van der Waals surface area (Å²) in [5, 5.41) is 3.11. The van der Waals surface area contributed by atoms with Gasteiger partial charge in [-0.2, -0.15) is 0 Å². The van der Waals surface area contributed by atoms with E-state index in [0.717, 1.165) is 19.3 Å². The number of halogens is 1. The molecule has 1 aliphatic carbocycles. The van der Waals surface area contributed by atoms with E-state index in [2.05, 4.69) is 5.32 Å². The highest BCUT2D eigenvalue weighted by Crippen LogP contribution is 2.37. The highest BCUT2D eigenvalue weighted by Gasteiger charge is 2.46. The molecule has 4 heteroatoms. The standard InChI is InChI=1S/C15H20FNO2/c1-11-7-5-6-10-15(11,14(18)19-2)17-13-9-4-3-8-12(13)16/h3-4,8-9,11,17H,5-7,10H2,1-2H3. The molecule has 1 saturated carbocycles. The van der Waals surface area contributed by atoms with E-state index in [4.69, 9.17) is 4.74 Å². The van der Waals surface area contributed by atoms with Crippen molar-refractivity contribution in [3.05, 3.63) is 30.1 Å². The topological polar surface area (TPSA) is 38.3 Å². The van der Waals surface area contributed by atoms with Gasteiger partial charge in [-0.1, -0.05) is 31.9 Å². The number of anilines is 1. The number of methoxy groups -OCH3 is 1. The van der Waals surface area contributed by atoms with Crippen LogP contribution in [0.2, 0.25) is 0 Å². The number of para-hydroxylation sites is 1. The van der Waals surface area contributed by atoms with Gasteiger partial charge >= 0.3 is 5.97 Å². The second-order valence-electron chi connectivity index (χ2n) is 5.21. The molecule has 0 heterocycles. The summed E-state index contributed by atoms with van der Waals surface area (Å²) in [7, 11) is 1.38. The number of benzene rings is 1. The lowest BCUT2D eigenvalue weighted by atomic mass is 9.73. The number of hydrogen-bond acceptors (Lipinski definition) is 3. The van der Waals surface area contributed by atoms with Crippen molar-refractivity contribution in [2.24, 2.45) is 5.92 Å². The van der Waals surface area contributed by atoms with Crippen LogP contribution in [-0.2, 0) is 9.53 Å². The Labute approximate surface area is 113 Å². The number of carbonyl (C=O) groups excluding carboxylic acids is 1. The van der Waals surface area contributed by atoms with Gasteiger partial charge in [0, 0.05) is 0 Å². The molecular weight excluding hydrogens is 245 g/mol. The Morgan fingerprint density at radius 2 is 2.16 bits per heavy atom. The van der Waals surface area contributed by atoms with Crippen LogP contribution >= 0.6 is 0 Å². The Kier molecular flexibility index (Phi) is 4.08. The summed E-state index contributed by atoms with van der Waals surface area (Å²) in [5.74, 6) is -0.528. The van der Waals surface area contributed by atoms with Gasteiger partial charge in [-0.3, -0.25) is 0 Å². The molecule has 0 saturated heterocycles. The smallest absolute Gasteiger partial charge is 0.331 e. The molecule has 104 valence electrons. The Morgan fingerprint density at radius 1 is 1.42 bits per heavy atom. The molecule has 0 bridgehead atoms. The quantitative estimate of drug-likeness (QED) is 0.852. The van der Waals surface area contributed by atoms with Gasteiger partial charge in [0.2, 0.25) is 0 Å². The van der Waals surface area contributed by atoms with Crippen LogP contribution in [0.1, 0.15) is 32.6 Å². The third kappa shape index (κ3) is 2.57. The van der Waals surface area contributed by atoms with E-state index in [9.17, 15) is 9.18 Å². The van der Waals surface area contributed by atoms with Gasteiger partial charge < -0.3 is 10.1 Å². The first kappa shape index (κ1) is 13.8. The maximum absolute atomic E-state index is 13.8. The van der Waals surface area contributed by atoms with Crippen LogP contribution in [-0.4, -0.2) is 18.6 Å². The van der Waals surface area contributed by atoms with Crippen molar-refractivity contribution in [1.82, 2.24) is 0 Å².